The number of amides is 1. The highest BCUT2D eigenvalue weighted by Crippen LogP contribution is 2.26. The molecular weight excluding hydrogens is 254 g/mol. The van der Waals surface area contributed by atoms with Crippen LogP contribution in [-0.2, 0) is 19.1 Å². The van der Waals surface area contributed by atoms with Crippen LogP contribution < -0.4 is 0 Å². The Morgan fingerprint density at radius 2 is 1.74 bits per heavy atom. The molecule has 0 radical (unpaired) electrons. The normalized spacial score (nSPS) is 31.2. The number of carbonyl (C=O) groups excluding carboxylic acids is 1. The van der Waals surface area contributed by atoms with Gasteiger partial charge < -0.3 is 19.8 Å². The number of rotatable bonds is 3. The molecule has 2 rings (SSSR count). The number of piperidine rings is 1. The lowest BCUT2D eigenvalue weighted by atomic mass is 9.85. The largest absolute Gasteiger partial charge is 0.481 e. The lowest BCUT2D eigenvalue weighted by Gasteiger charge is -2.35. The van der Waals surface area contributed by atoms with Gasteiger partial charge in [0, 0.05) is 19.7 Å². The number of hydrogen-bond donors (Lipinski definition) is 2. The van der Waals surface area contributed by atoms with Gasteiger partial charge in [0.15, 0.2) is 0 Å². The molecule has 7 heteroatoms. The summed E-state index contributed by atoms with van der Waals surface area (Å²) in [5.74, 6) is -4.47. The van der Waals surface area contributed by atoms with E-state index in [1.807, 2.05) is 0 Å². The first-order valence-corrected chi connectivity index (χ1v) is 6.36. The Morgan fingerprint density at radius 3 is 2.26 bits per heavy atom. The molecule has 3 atom stereocenters. The standard InChI is InChI=1S/C12H17NO6/c14-10(9-2-1-5-19-9)13-4-3-7(11(15)16)8(6-13)12(17)18/h7-9H,1-6H2,(H,15,16)(H,17,18)/t7?,8?,9-/m1/s1. The zero-order valence-corrected chi connectivity index (χ0v) is 10.4. The third-order valence-corrected chi connectivity index (χ3v) is 3.76. The minimum atomic E-state index is -1.17. The highest BCUT2D eigenvalue weighted by atomic mass is 16.5. The monoisotopic (exact) mass is 271 g/mol. The molecule has 2 aliphatic heterocycles. The van der Waals surface area contributed by atoms with E-state index in [2.05, 4.69) is 0 Å². The van der Waals surface area contributed by atoms with E-state index in [1.165, 1.54) is 4.90 Å². The SMILES string of the molecule is O=C(O)C1CCN(C(=O)[C@H]2CCCO2)CC1C(=O)O. The second kappa shape index (κ2) is 5.56. The Morgan fingerprint density at radius 1 is 1.05 bits per heavy atom. The highest BCUT2D eigenvalue weighted by Gasteiger charge is 2.41. The van der Waals surface area contributed by atoms with Gasteiger partial charge >= 0.3 is 11.9 Å². The van der Waals surface area contributed by atoms with Crippen LogP contribution in [0.25, 0.3) is 0 Å². The zero-order chi connectivity index (χ0) is 14.0. The fourth-order valence-electron chi connectivity index (χ4n) is 2.67. The van der Waals surface area contributed by atoms with Crippen LogP contribution in [0.15, 0.2) is 0 Å². The summed E-state index contributed by atoms with van der Waals surface area (Å²) in [5.41, 5.74) is 0. The first-order valence-electron chi connectivity index (χ1n) is 6.36. The molecule has 106 valence electrons. The van der Waals surface area contributed by atoms with Gasteiger partial charge in [-0.2, -0.15) is 0 Å². The first kappa shape index (κ1) is 13.8. The quantitative estimate of drug-likeness (QED) is 0.736. The Hall–Kier alpha value is -1.63. The molecule has 0 aromatic heterocycles. The van der Waals surface area contributed by atoms with E-state index in [0.717, 1.165) is 6.42 Å². The number of aliphatic carboxylic acids is 2. The van der Waals surface area contributed by atoms with Crippen molar-refractivity contribution in [2.45, 2.75) is 25.4 Å². The van der Waals surface area contributed by atoms with Crippen molar-refractivity contribution in [1.82, 2.24) is 4.90 Å². The smallest absolute Gasteiger partial charge is 0.309 e. The molecule has 19 heavy (non-hydrogen) atoms. The molecule has 7 nitrogen and oxygen atoms in total. The van der Waals surface area contributed by atoms with Gasteiger partial charge in [-0.1, -0.05) is 0 Å². The Kier molecular flexibility index (Phi) is 4.04. The van der Waals surface area contributed by atoms with Crippen LogP contribution in [0.5, 0.6) is 0 Å². The van der Waals surface area contributed by atoms with Crippen molar-refractivity contribution in [1.29, 1.82) is 0 Å². The summed E-state index contributed by atoms with van der Waals surface area (Å²) in [5, 5.41) is 18.1. The van der Waals surface area contributed by atoms with Gasteiger partial charge in [0.2, 0.25) is 0 Å². The summed E-state index contributed by atoms with van der Waals surface area (Å²) in [4.78, 5) is 35.7. The van der Waals surface area contributed by atoms with E-state index < -0.39 is 29.9 Å². The summed E-state index contributed by atoms with van der Waals surface area (Å²) in [6, 6.07) is 0. The van der Waals surface area contributed by atoms with Gasteiger partial charge in [0.25, 0.3) is 5.91 Å². The molecule has 0 aliphatic carbocycles. The molecule has 0 aromatic rings. The van der Waals surface area contributed by atoms with Crippen molar-refractivity contribution in [2.75, 3.05) is 19.7 Å². The van der Waals surface area contributed by atoms with Crippen molar-refractivity contribution < 1.29 is 29.3 Å². The van der Waals surface area contributed by atoms with E-state index in [9.17, 15) is 14.4 Å². The van der Waals surface area contributed by atoms with Crippen LogP contribution in [0.4, 0.5) is 0 Å². The van der Waals surface area contributed by atoms with Gasteiger partial charge in [-0.15, -0.1) is 0 Å². The Labute approximate surface area is 110 Å². The van der Waals surface area contributed by atoms with E-state index in [4.69, 9.17) is 14.9 Å². The van der Waals surface area contributed by atoms with Gasteiger partial charge in [-0.25, -0.2) is 0 Å². The van der Waals surface area contributed by atoms with Crippen LogP contribution in [0.2, 0.25) is 0 Å². The molecule has 0 bridgehead atoms. The number of carboxylic acids is 2. The fraction of sp³-hybridized carbons (Fsp3) is 0.750. The predicted octanol–water partition coefficient (Wildman–Crippen LogP) is -0.201. The van der Waals surface area contributed by atoms with Crippen molar-refractivity contribution in [3.8, 4) is 0 Å². The second-order valence-corrected chi connectivity index (χ2v) is 4.96. The number of carboxylic acid groups (broad SMARTS) is 2. The number of carbonyl (C=O) groups is 3. The van der Waals surface area contributed by atoms with Crippen LogP contribution in [0.3, 0.4) is 0 Å². The number of ether oxygens (including phenoxy) is 1. The van der Waals surface area contributed by atoms with Gasteiger partial charge in [0.1, 0.15) is 6.10 Å². The van der Waals surface area contributed by atoms with E-state index in [-0.39, 0.29) is 25.4 Å². The molecule has 1 amide bonds. The Bertz CT molecular complexity index is 390. The summed E-state index contributed by atoms with van der Waals surface area (Å²) >= 11 is 0. The summed E-state index contributed by atoms with van der Waals surface area (Å²) in [6.07, 6.45) is 1.15. The number of likely N-dealkylation sites (tertiary alicyclic amines) is 1. The molecule has 0 spiro atoms. The maximum absolute atomic E-state index is 12.1. The van der Waals surface area contributed by atoms with Crippen LogP contribution in [0, 0.1) is 11.8 Å². The van der Waals surface area contributed by atoms with Crippen molar-refractivity contribution in [3.63, 3.8) is 0 Å². The van der Waals surface area contributed by atoms with Gasteiger partial charge in [-0.3, -0.25) is 14.4 Å². The van der Waals surface area contributed by atoms with Crippen LogP contribution in [-0.4, -0.2) is 58.8 Å². The van der Waals surface area contributed by atoms with Crippen LogP contribution >= 0.6 is 0 Å². The minimum Gasteiger partial charge on any atom is -0.481 e. The fourth-order valence-corrected chi connectivity index (χ4v) is 2.67. The van der Waals surface area contributed by atoms with E-state index in [0.29, 0.717) is 13.0 Å². The molecule has 2 aliphatic rings. The maximum Gasteiger partial charge on any atom is 0.309 e. The lowest BCUT2D eigenvalue weighted by molar-refractivity contribution is -0.160. The summed E-state index contributed by atoms with van der Waals surface area (Å²) in [7, 11) is 0. The van der Waals surface area contributed by atoms with Crippen LogP contribution in [0.1, 0.15) is 19.3 Å². The molecule has 2 saturated heterocycles. The lowest BCUT2D eigenvalue weighted by Crippen LogP contribution is -2.51. The minimum absolute atomic E-state index is 0.0506. The predicted molar refractivity (Wildman–Crippen MR) is 62.4 cm³/mol. The zero-order valence-electron chi connectivity index (χ0n) is 10.4. The van der Waals surface area contributed by atoms with Crippen molar-refractivity contribution in [3.05, 3.63) is 0 Å². The molecule has 2 fully saturated rings. The molecule has 2 N–H and O–H groups in total. The van der Waals surface area contributed by atoms with E-state index >= 15 is 0 Å². The summed E-state index contributed by atoms with van der Waals surface area (Å²) < 4.78 is 5.28. The summed E-state index contributed by atoms with van der Waals surface area (Å²) in [6.45, 7) is 0.773. The number of hydrogen-bond acceptors (Lipinski definition) is 4. The molecule has 2 unspecified atom stereocenters. The molecule has 0 aromatic carbocycles. The second-order valence-electron chi connectivity index (χ2n) is 4.96. The molecule has 2 heterocycles. The third kappa shape index (κ3) is 2.86. The number of nitrogens with zero attached hydrogens (tertiary/aromatic N) is 1. The topological polar surface area (TPSA) is 104 Å². The highest BCUT2D eigenvalue weighted by molar-refractivity contribution is 5.84. The average Bonchev–Trinajstić information content (AvgIpc) is 2.90. The van der Waals surface area contributed by atoms with Gasteiger partial charge in [-0.05, 0) is 19.3 Å². The van der Waals surface area contributed by atoms with Gasteiger partial charge in [0.05, 0.1) is 11.8 Å². The van der Waals surface area contributed by atoms with Crippen molar-refractivity contribution >= 4 is 17.8 Å². The Balaban J connectivity index is 2.03. The maximum atomic E-state index is 12.1. The third-order valence-electron chi connectivity index (χ3n) is 3.76. The molecule has 0 saturated carbocycles. The molecular formula is C12H17NO6. The average molecular weight is 271 g/mol. The van der Waals surface area contributed by atoms with E-state index in [1.54, 1.807) is 0 Å². The first-order chi connectivity index (χ1) is 9.00. The van der Waals surface area contributed by atoms with Crippen molar-refractivity contribution in [2.24, 2.45) is 11.8 Å².